The minimum absolute atomic E-state index is 0.0902. The Labute approximate surface area is 109 Å². The number of hydrogen-bond acceptors (Lipinski definition) is 2. The normalized spacial score (nSPS) is 14.9. The summed E-state index contributed by atoms with van der Waals surface area (Å²) in [5.41, 5.74) is 8.28. The van der Waals surface area contributed by atoms with E-state index < -0.39 is 0 Å². The first-order chi connectivity index (χ1) is 8.50. The Bertz CT molecular complexity index is 450. The molecule has 0 aliphatic heterocycles. The lowest BCUT2D eigenvalue weighted by Gasteiger charge is -2.25. The van der Waals surface area contributed by atoms with Crippen LogP contribution in [0.2, 0.25) is 0 Å². The van der Waals surface area contributed by atoms with Crippen molar-refractivity contribution in [1.29, 1.82) is 0 Å². The highest BCUT2D eigenvalue weighted by Crippen LogP contribution is 2.30. The largest absolute Gasteiger partial charge is 0.398 e. The fraction of sp³-hybridized carbons (Fsp3) is 0.533. The van der Waals surface area contributed by atoms with Gasteiger partial charge in [-0.05, 0) is 37.3 Å². The van der Waals surface area contributed by atoms with Crippen molar-refractivity contribution in [1.82, 2.24) is 4.90 Å². The van der Waals surface area contributed by atoms with E-state index in [9.17, 15) is 4.79 Å². The van der Waals surface area contributed by atoms with Crippen LogP contribution in [0, 0.1) is 12.8 Å². The number of carbonyl (C=O) groups excluding carboxylic acids is 1. The Balaban J connectivity index is 2.25. The predicted molar refractivity (Wildman–Crippen MR) is 74.5 cm³/mol. The Morgan fingerprint density at radius 1 is 1.44 bits per heavy atom. The highest BCUT2D eigenvalue weighted by molar-refractivity contribution is 6.00. The number of hydrogen-bond donors (Lipinski definition) is 1. The minimum Gasteiger partial charge on any atom is -0.398 e. The molecular weight excluding hydrogens is 224 g/mol. The summed E-state index contributed by atoms with van der Waals surface area (Å²) in [7, 11) is 0. The second kappa shape index (κ2) is 5.01. The summed E-state index contributed by atoms with van der Waals surface area (Å²) in [6.07, 6.45) is 2.26. The van der Waals surface area contributed by atoms with E-state index in [4.69, 9.17) is 5.73 Å². The first kappa shape index (κ1) is 12.9. The number of para-hydroxylation sites is 1. The number of carbonyl (C=O) groups is 1. The Morgan fingerprint density at radius 3 is 2.67 bits per heavy atom. The molecular formula is C15H22N2O. The molecule has 1 aromatic rings. The Kier molecular flexibility index (Phi) is 3.60. The van der Waals surface area contributed by atoms with Gasteiger partial charge >= 0.3 is 0 Å². The third-order valence-corrected chi connectivity index (χ3v) is 3.36. The molecule has 0 aromatic heterocycles. The SMILES string of the molecule is Cc1cccc(C(=O)N(CC(C)C)C2CC2)c1N. The number of nitrogens with two attached hydrogens (primary N) is 1. The molecule has 0 heterocycles. The van der Waals surface area contributed by atoms with Crippen molar-refractivity contribution in [2.75, 3.05) is 12.3 Å². The molecule has 1 aliphatic carbocycles. The first-order valence-corrected chi connectivity index (χ1v) is 6.66. The van der Waals surface area contributed by atoms with Crippen molar-refractivity contribution >= 4 is 11.6 Å². The van der Waals surface area contributed by atoms with Gasteiger partial charge in [0.15, 0.2) is 0 Å². The molecule has 0 bridgehead atoms. The van der Waals surface area contributed by atoms with Crippen LogP contribution in [0.15, 0.2) is 18.2 Å². The van der Waals surface area contributed by atoms with Gasteiger partial charge in [0, 0.05) is 18.3 Å². The average molecular weight is 246 g/mol. The predicted octanol–water partition coefficient (Wildman–Crippen LogP) is 2.84. The molecule has 0 spiro atoms. The maximum absolute atomic E-state index is 12.6. The van der Waals surface area contributed by atoms with Crippen LogP contribution in [-0.4, -0.2) is 23.4 Å². The van der Waals surface area contributed by atoms with Crippen molar-refractivity contribution in [2.24, 2.45) is 5.92 Å². The number of rotatable bonds is 4. The van der Waals surface area contributed by atoms with E-state index in [0.29, 0.717) is 23.2 Å². The smallest absolute Gasteiger partial charge is 0.256 e. The fourth-order valence-corrected chi connectivity index (χ4v) is 2.20. The van der Waals surface area contributed by atoms with Crippen LogP contribution < -0.4 is 5.73 Å². The van der Waals surface area contributed by atoms with Gasteiger partial charge in [0.2, 0.25) is 0 Å². The van der Waals surface area contributed by atoms with Gasteiger partial charge in [-0.1, -0.05) is 26.0 Å². The van der Waals surface area contributed by atoms with Gasteiger partial charge in [-0.15, -0.1) is 0 Å². The summed E-state index contributed by atoms with van der Waals surface area (Å²) >= 11 is 0. The molecule has 2 rings (SSSR count). The van der Waals surface area contributed by atoms with Crippen LogP contribution in [0.1, 0.15) is 42.6 Å². The van der Waals surface area contributed by atoms with Gasteiger partial charge < -0.3 is 10.6 Å². The Morgan fingerprint density at radius 2 is 2.11 bits per heavy atom. The molecule has 1 aromatic carbocycles. The van der Waals surface area contributed by atoms with E-state index in [1.54, 1.807) is 0 Å². The third-order valence-electron chi connectivity index (χ3n) is 3.36. The van der Waals surface area contributed by atoms with E-state index in [1.165, 1.54) is 0 Å². The monoisotopic (exact) mass is 246 g/mol. The summed E-state index contributed by atoms with van der Waals surface area (Å²) in [6, 6.07) is 6.11. The number of nitrogen functional groups attached to an aromatic ring is 1. The number of amides is 1. The van der Waals surface area contributed by atoms with E-state index in [2.05, 4.69) is 13.8 Å². The zero-order valence-corrected chi connectivity index (χ0v) is 11.4. The molecule has 1 aliphatic rings. The lowest BCUT2D eigenvalue weighted by Crippen LogP contribution is -2.36. The van der Waals surface area contributed by atoms with E-state index >= 15 is 0 Å². The van der Waals surface area contributed by atoms with Crippen molar-refractivity contribution in [2.45, 2.75) is 39.7 Å². The number of anilines is 1. The molecule has 18 heavy (non-hydrogen) atoms. The fourth-order valence-electron chi connectivity index (χ4n) is 2.20. The van der Waals surface area contributed by atoms with Crippen LogP contribution in [0.4, 0.5) is 5.69 Å². The standard InChI is InChI=1S/C15H22N2O/c1-10(2)9-17(12-7-8-12)15(18)13-6-4-5-11(3)14(13)16/h4-6,10,12H,7-9,16H2,1-3H3. The van der Waals surface area contributed by atoms with Gasteiger partial charge in [-0.25, -0.2) is 0 Å². The zero-order chi connectivity index (χ0) is 13.3. The zero-order valence-electron chi connectivity index (χ0n) is 11.4. The van der Waals surface area contributed by atoms with Gasteiger partial charge in [0.1, 0.15) is 0 Å². The van der Waals surface area contributed by atoms with Crippen LogP contribution in [-0.2, 0) is 0 Å². The lowest BCUT2D eigenvalue weighted by molar-refractivity contribution is 0.0723. The second-order valence-corrected chi connectivity index (χ2v) is 5.62. The van der Waals surface area contributed by atoms with Crippen molar-refractivity contribution in [3.63, 3.8) is 0 Å². The maximum atomic E-state index is 12.6. The molecule has 0 radical (unpaired) electrons. The molecule has 1 saturated carbocycles. The molecule has 3 nitrogen and oxygen atoms in total. The van der Waals surface area contributed by atoms with E-state index in [0.717, 1.165) is 24.9 Å². The first-order valence-electron chi connectivity index (χ1n) is 6.66. The number of aryl methyl sites for hydroxylation is 1. The molecule has 3 heteroatoms. The van der Waals surface area contributed by atoms with Crippen LogP contribution in [0.5, 0.6) is 0 Å². The number of benzene rings is 1. The van der Waals surface area contributed by atoms with Gasteiger partial charge in [0.25, 0.3) is 5.91 Å². The molecule has 1 amide bonds. The Hall–Kier alpha value is -1.51. The lowest BCUT2D eigenvalue weighted by atomic mass is 10.1. The summed E-state index contributed by atoms with van der Waals surface area (Å²) in [6.45, 7) is 7.04. The molecule has 98 valence electrons. The summed E-state index contributed by atoms with van der Waals surface area (Å²) < 4.78 is 0. The van der Waals surface area contributed by atoms with Crippen LogP contribution >= 0.6 is 0 Å². The van der Waals surface area contributed by atoms with Crippen molar-refractivity contribution in [3.05, 3.63) is 29.3 Å². The second-order valence-electron chi connectivity index (χ2n) is 5.62. The molecule has 0 unspecified atom stereocenters. The topological polar surface area (TPSA) is 46.3 Å². The van der Waals surface area contributed by atoms with Crippen LogP contribution in [0.25, 0.3) is 0 Å². The molecule has 0 atom stereocenters. The van der Waals surface area contributed by atoms with Gasteiger partial charge in [-0.3, -0.25) is 4.79 Å². The average Bonchev–Trinajstić information content (AvgIpc) is 3.12. The van der Waals surface area contributed by atoms with Crippen LogP contribution in [0.3, 0.4) is 0 Å². The summed E-state index contributed by atoms with van der Waals surface area (Å²) in [5.74, 6) is 0.577. The summed E-state index contributed by atoms with van der Waals surface area (Å²) in [4.78, 5) is 14.6. The minimum atomic E-state index is 0.0902. The third kappa shape index (κ3) is 2.66. The van der Waals surface area contributed by atoms with Crippen molar-refractivity contribution in [3.8, 4) is 0 Å². The van der Waals surface area contributed by atoms with Gasteiger partial charge in [-0.2, -0.15) is 0 Å². The molecule has 0 saturated heterocycles. The number of nitrogens with zero attached hydrogens (tertiary/aromatic N) is 1. The van der Waals surface area contributed by atoms with Gasteiger partial charge in [0.05, 0.1) is 5.56 Å². The molecule has 2 N–H and O–H groups in total. The highest BCUT2D eigenvalue weighted by Gasteiger charge is 2.33. The maximum Gasteiger partial charge on any atom is 0.256 e. The summed E-state index contributed by atoms with van der Waals surface area (Å²) in [5, 5.41) is 0. The van der Waals surface area contributed by atoms with E-state index in [1.807, 2.05) is 30.0 Å². The van der Waals surface area contributed by atoms with Crippen molar-refractivity contribution < 1.29 is 4.79 Å². The van der Waals surface area contributed by atoms with E-state index in [-0.39, 0.29) is 5.91 Å². The quantitative estimate of drug-likeness (QED) is 0.830. The molecule has 1 fully saturated rings. The highest BCUT2D eigenvalue weighted by atomic mass is 16.2.